The quantitative estimate of drug-likeness (QED) is 0.154. The molecule has 10 aromatic rings. The van der Waals surface area contributed by atoms with Crippen molar-refractivity contribution in [1.82, 2.24) is 0 Å². The lowest BCUT2D eigenvalue weighted by Crippen LogP contribution is -2.32. The van der Waals surface area contributed by atoms with E-state index in [9.17, 15) is 0 Å². The van der Waals surface area contributed by atoms with E-state index in [1.54, 1.807) is 0 Å². The first-order valence-corrected chi connectivity index (χ1v) is 24.0. The van der Waals surface area contributed by atoms with Gasteiger partial charge in [-0.15, -0.1) is 0 Å². The Morgan fingerprint density at radius 1 is 0.470 bits per heavy atom. The zero-order valence-corrected chi connectivity index (χ0v) is 37.9. The molecule has 1 heterocycles. The van der Waals surface area contributed by atoms with E-state index in [1.165, 1.54) is 125 Å². The van der Waals surface area contributed by atoms with Crippen molar-refractivity contribution < 1.29 is 0 Å². The summed E-state index contributed by atoms with van der Waals surface area (Å²) < 4.78 is 0. The molecule has 2 aliphatic carbocycles. The summed E-state index contributed by atoms with van der Waals surface area (Å²) in [6, 6.07) is 76.1. The first kappa shape index (κ1) is 39.0. The van der Waals surface area contributed by atoms with Crippen LogP contribution in [-0.2, 0) is 5.41 Å². The highest BCUT2D eigenvalue weighted by atomic mass is 15.2. The number of hydrogen-bond donors (Lipinski definition) is 0. The SMILES string of the molecule is Cc1ccc2c(-c3ccc(N(c4ccccc4)c4ccc(N5c6ccccc6C6CCCCC65)cc4)c4ccccc34)c3ccccc3c(-c3ccc4c(c3)C(C)(C)c3ccccc3-4)c2c1. The topological polar surface area (TPSA) is 6.48 Å². The molecule has 0 saturated heterocycles. The average molecular weight is 849 g/mol. The maximum absolute atomic E-state index is 2.64. The maximum Gasteiger partial charge on any atom is 0.0540 e. The van der Waals surface area contributed by atoms with Gasteiger partial charge in [-0.2, -0.15) is 0 Å². The summed E-state index contributed by atoms with van der Waals surface area (Å²) >= 11 is 0. The molecule has 318 valence electrons. The van der Waals surface area contributed by atoms with E-state index in [0.717, 1.165) is 17.1 Å². The van der Waals surface area contributed by atoms with Crippen molar-refractivity contribution in [2.24, 2.45) is 0 Å². The van der Waals surface area contributed by atoms with Gasteiger partial charge in [0.1, 0.15) is 0 Å². The molecule has 1 saturated carbocycles. The van der Waals surface area contributed by atoms with Gasteiger partial charge in [-0.3, -0.25) is 0 Å². The normalized spacial score (nSPS) is 16.9. The minimum atomic E-state index is -0.0849. The first-order chi connectivity index (χ1) is 32.4. The number of fused-ring (bicyclic) bond motifs is 9. The molecular formula is C64H52N2. The van der Waals surface area contributed by atoms with Crippen molar-refractivity contribution in [3.63, 3.8) is 0 Å². The molecule has 2 atom stereocenters. The van der Waals surface area contributed by atoms with Crippen LogP contribution in [0.2, 0.25) is 0 Å². The van der Waals surface area contributed by atoms with E-state index in [4.69, 9.17) is 0 Å². The molecule has 0 amide bonds. The second-order valence-electron chi connectivity index (χ2n) is 19.5. The zero-order chi connectivity index (χ0) is 44.1. The zero-order valence-electron chi connectivity index (χ0n) is 37.9. The fourth-order valence-corrected chi connectivity index (χ4v) is 12.5. The predicted octanol–water partition coefficient (Wildman–Crippen LogP) is 17.7. The standard InChI is InChI=1S/C64H52N2/c1-41-29-35-55-56(39-41)62(42-30-36-48-47-20-11-14-26-57(47)64(2,3)58(48)40-42)52-24-9-10-25-53(52)63(55)54-37-38-61(49-21-8-7-19-46(49)54)65(43-17-5-4-6-18-43)44-31-33-45(34-32-44)66-59-27-15-12-22-50(59)51-23-13-16-28-60(51)66/h4-12,14-15,17-22,24-27,29-40,51,60H,13,16,23,28H2,1-3H3. The molecule has 2 unspecified atom stereocenters. The Kier molecular flexibility index (Phi) is 8.90. The maximum atomic E-state index is 2.64. The Balaban J connectivity index is 0.974. The van der Waals surface area contributed by atoms with Gasteiger partial charge in [-0.05, 0) is 151 Å². The van der Waals surface area contributed by atoms with Crippen molar-refractivity contribution in [3.05, 3.63) is 222 Å². The van der Waals surface area contributed by atoms with Crippen LogP contribution in [0.5, 0.6) is 0 Å². The highest BCUT2D eigenvalue weighted by Crippen LogP contribution is 2.54. The van der Waals surface area contributed by atoms with Gasteiger partial charge in [-0.25, -0.2) is 0 Å². The minimum Gasteiger partial charge on any atom is -0.338 e. The number of nitrogens with zero attached hydrogens (tertiary/aromatic N) is 2. The van der Waals surface area contributed by atoms with Crippen LogP contribution in [0.4, 0.5) is 28.4 Å². The van der Waals surface area contributed by atoms with Crippen LogP contribution in [0.1, 0.15) is 67.7 Å². The third-order valence-corrected chi connectivity index (χ3v) is 15.5. The summed E-state index contributed by atoms with van der Waals surface area (Å²) in [6.45, 7) is 6.99. The Labute approximate surface area is 388 Å². The summed E-state index contributed by atoms with van der Waals surface area (Å²) in [4.78, 5) is 5.10. The van der Waals surface area contributed by atoms with Crippen molar-refractivity contribution >= 4 is 60.8 Å². The van der Waals surface area contributed by atoms with Crippen LogP contribution in [0.3, 0.4) is 0 Å². The fraction of sp³-hybridized carbons (Fsp3) is 0.156. The summed E-state index contributed by atoms with van der Waals surface area (Å²) in [5.41, 5.74) is 19.4. The molecule has 10 aromatic carbocycles. The minimum absolute atomic E-state index is 0.0849. The molecule has 2 heteroatoms. The second-order valence-corrected chi connectivity index (χ2v) is 19.5. The average Bonchev–Trinajstić information content (AvgIpc) is 3.82. The second kappa shape index (κ2) is 15.1. The molecule has 2 nitrogen and oxygen atoms in total. The Hall–Kier alpha value is -7.42. The summed E-state index contributed by atoms with van der Waals surface area (Å²) in [5, 5.41) is 7.56. The lowest BCUT2D eigenvalue weighted by molar-refractivity contribution is 0.402. The van der Waals surface area contributed by atoms with Crippen LogP contribution < -0.4 is 9.80 Å². The van der Waals surface area contributed by atoms with Crippen LogP contribution in [0.25, 0.3) is 65.7 Å². The molecule has 1 fully saturated rings. The Morgan fingerprint density at radius 3 is 1.94 bits per heavy atom. The van der Waals surface area contributed by atoms with Crippen LogP contribution >= 0.6 is 0 Å². The van der Waals surface area contributed by atoms with Crippen LogP contribution in [0.15, 0.2) is 200 Å². The molecule has 0 aromatic heterocycles. The molecule has 0 bridgehead atoms. The Morgan fingerprint density at radius 2 is 1.11 bits per heavy atom. The van der Waals surface area contributed by atoms with Gasteiger partial charge in [0.05, 0.1) is 5.69 Å². The first-order valence-electron chi connectivity index (χ1n) is 24.0. The molecule has 13 rings (SSSR count). The van der Waals surface area contributed by atoms with E-state index >= 15 is 0 Å². The third kappa shape index (κ3) is 5.87. The van der Waals surface area contributed by atoms with Gasteiger partial charge >= 0.3 is 0 Å². The van der Waals surface area contributed by atoms with Crippen LogP contribution in [0, 0.1) is 6.92 Å². The molecule has 0 spiro atoms. The number of anilines is 5. The van der Waals surface area contributed by atoms with Crippen molar-refractivity contribution in [2.75, 3.05) is 9.80 Å². The molecule has 1 aliphatic heterocycles. The van der Waals surface area contributed by atoms with Gasteiger partial charge < -0.3 is 9.80 Å². The highest BCUT2D eigenvalue weighted by molar-refractivity contribution is 6.24. The predicted molar refractivity (Wildman–Crippen MR) is 280 cm³/mol. The summed E-state index contributed by atoms with van der Waals surface area (Å²) in [6.07, 6.45) is 5.14. The highest BCUT2D eigenvalue weighted by Gasteiger charge is 2.40. The van der Waals surface area contributed by atoms with E-state index in [0.29, 0.717) is 12.0 Å². The molecule has 0 radical (unpaired) electrons. The smallest absolute Gasteiger partial charge is 0.0540 e. The van der Waals surface area contributed by atoms with Crippen molar-refractivity contribution in [2.45, 2.75) is 63.8 Å². The number of para-hydroxylation sites is 2. The Bertz CT molecular complexity index is 3540. The summed E-state index contributed by atoms with van der Waals surface area (Å²) in [7, 11) is 0. The number of rotatable bonds is 6. The van der Waals surface area contributed by atoms with Gasteiger partial charge in [-0.1, -0.05) is 178 Å². The van der Waals surface area contributed by atoms with E-state index in [-0.39, 0.29) is 5.41 Å². The van der Waals surface area contributed by atoms with Gasteiger partial charge in [0.2, 0.25) is 0 Å². The number of hydrogen-bond acceptors (Lipinski definition) is 2. The fourth-order valence-electron chi connectivity index (χ4n) is 12.5. The van der Waals surface area contributed by atoms with Crippen molar-refractivity contribution in [3.8, 4) is 33.4 Å². The van der Waals surface area contributed by atoms with Gasteiger partial charge in [0.25, 0.3) is 0 Å². The molecular weight excluding hydrogens is 797 g/mol. The monoisotopic (exact) mass is 848 g/mol. The van der Waals surface area contributed by atoms with E-state index in [1.807, 2.05) is 0 Å². The lowest BCUT2D eigenvalue weighted by atomic mass is 9.80. The van der Waals surface area contributed by atoms with Crippen LogP contribution in [-0.4, -0.2) is 6.04 Å². The van der Waals surface area contributed by atoms with Gasteiger partial charge in [0.15, 0.2) is 0 Å². The molecule has 3 aliphatic rings. The largest absolute Gasteiger partial charge is 0.338 e. The van der Waals surface area contributed by atoms with Gasteiger partial charge in [0, 0.05) is 45.5 Å². The lowest BCUT2D eigenvalue weighted by Gasteiger charge is -2.34. The number of aryl methyl sites for hydroxylation is 1. The molecule has 0 N–H and O–H groups in total. The summed E-state index contributed by atoms with van der Waals surface area (Å²) in [5.74, 6) is 0.611. The van der Waals surface area contributed by atoms with E-state index < -0.39 is 0 Å². The third-order valence-electron chi connectivity index (χ3n) is 15.5. The van der Waals surface area contributed by atoms with Crippen molar-refractivity contribution in [1.29, 1.82) is 0 Å². The number of benzene rings is 10. The molecule has 66 heavy (non-hydrogen) atoms. The van der Waals surface area contributed by atoms with E-state index in [2.05, 4.69) is 231 Å².